The normalized spacial score (nSPS) is 36.0. The van der Waals surface area contributed by atoms with E-state index in [4.69, 9.17) is 18.9 Å². The summed E-state index contributed by atoms with van der Waals surface area (Å²) >= 11 is 0. The zero-order valence-electron chi connectivity index (χ0n) is 23.0. The summed E-state index contributed by atoms with van der Waals surface area (Å²) in [4.78, 5) is 0. The lowest BCUT2D eigenvalue weighted by atomic mass is 9.54. The average Bonchev–Trinajstić information content (AvgIpc) is 2.94. The van der Waals surface area contributed by atoms with Crippen LogP contribution in [0.5, 0.6) is 0 Å². The maximum absolute atomic E-state index is 6.60. The molecular weight excluding hydrogens is 448 g/mol. The van der Waals surface area contributed by atoms with Gasteiger partial charge in [-0.15, -0.1) is 0 Å². The Morgan fingerprint density at radius 1 is 0.250 bits per heavy atom. The van der Waals surface area contributed by atoms with Crippen LogP contribution >= 0.6 is 0 Å². The maximum atomic E-state index is 6.60. The lowest BCUT2D eigenvalue weighted by Crippen LogP contribution is -2.54. The lowest BCUT2D eigenvalue weighted by molar-refractivity contribution is -0.329. The van der Waals surface area contributed by atoms with Crippen molar-refractivity contribution in [2.45, 2.75) is 153 Å². The van der Waals surface area contributed by atoms with Gasteiger partial charge < -0.3 is 18.9 Å². The summed E-state index contributed by atoms with van der Waals surface area (Å²) in [6.45, 7) is 3.82. The molecule has 0 atom stereocenters. The van der Waals surface area contributed by atoms with Crippen LogP contribution in [0.3, 0.4) is 0 Å². The summed E-state index contributed by atoms with van der Waals surface area (Å²) < 4.78 is 26.4. The summed E-state index contributed by atoms with van der Waals surface area (Å²) in [7, 11) is 0. The highest BCUT2D eigenvalue weighted by Gasteiger charge is 2.54. The van der Waals surface area contributed by atoms with Crippen LogP contribution in [0.2, 0.25) is 0 Å². The van der Waals surface area contributed by atoms with Crippen LogP contribution in [0.1, 0.15) is 141 Å². The van der Waals surface area contributed by atoms with Gasteiger partial charge in [0.05, 0.1) is 26.4 Å². The first kappa shape index (κ1) is 24.9. The fraction of sp³-hybridized carbons (Fsp3) is 1.00. The van der Waals surface area contributed by atoms with Crippen molar-refractivity contribution in [2.24, 2.45) is 21.7 Å². The zero-order chi connectivity index (χ0) is 24.2. The minimum Gasteiger partial charge on any atom is -0.349 e. The van der Waals surface area contributed by atoms with E-state index in [-0.39, 0.29) is 11.6 Å². The molecule has 7 rings (SSSR count). The predicted octanol–water partition coefficient (Wildman–Crippen LogP) is 8.07. The van der Waals surface area contributed by atoms with E-state index in [1.807, 2.05) is 0 Å². The molecule has 5 saturated carbocycles. The third kappa shape index (κ3) is 4.52. The molecule has 2 heterocycles. The van der Waals surface area contributed by atoms with Gasteiger partial charge in [0.15, 0.2) is 11.6 Å². The second-order valence-corrected chi connectivity index (χ2v) is 15.1. The van der Waals surface area contributed by atoms with Crippen LogP contribution in [0.25, 0.3) is 0 Å². The minimum atomic E-state index is -0.244. The van der Waals surface area contributed by atoms with E-state index in [1.54, 1.807) is 0 Å². The Bertz CT molecular complexity index is 674. The monoisotopic (exact) mass is 500 g/mol. The largest absolute Gasteiger partial charge is 0.349 e. The van der Waals surface area contributed by atoms with E-state index in [1.165, 1.54) is 116 Å². The van der Waals surface area contributed by atoms with Gasteiger partial charge in [-0.25, -0.2) is 0 Å². The van der Waals surface area contributed by atoms with Gasteiger partial charge in [0.1, 0.15) is 0 Å². The molecule has 0 aromatic rings. The first-order valence-electron chi connectivity index (χ1n) is 16.0. The highest BCUT2D eigenvalue weighted by molar-refractivity contribution is 5.01. The van der Waals surface area contributed by atoms with Gasteiger partial charge in [-0.1, -0.05) is 38.5 Å². The van der Waals surface area contributed by atoms with E-state index in [0.717, 1.165) is 52.1 Å². The van der Waals surface area contributed by atoms with Gasteiger partial charge in [0.2, 0.25) is 0 Å². The topological polar surface area (TPSA) is 36.9 Å². The molecule has 4 nitrogen and oxygen atoms in total. The molecule has 5 aliphatic carbocycles. The van der Waals surface area contributed by atoms with Gasteiger partial charge >= 0.3 is 0 Å². The lowest BCUT2D eigenvalue weighted by Gasteiger charge is -2.57. The van der Waals surface area contributed by atoms with Gasteiger partial charge in [0, 0.05) is 36.5 Å². The molecule has 2 saturated heterocycles. The van der Waals surface area contributed by atoms with Gasteiger partial charge in [-0.2, -0.15) is 0 Å². The molecule has 7 fully saturated rings. The Hall–Kier alpha value is -0.160. The number of hydrogen-bond donors (Lipinski definition) is 0. The Labute approximate surface area is 219 Å². The Morgan fingerprint density at radius 3 is 0.833 bits per heavy atom. The van der Waals surface area contributed by atoms with E-state index >= 15 is 0 Å². The Balaban J connectivity index is 0.891. The van der Waals surface area contributed by atoms with E-state index in [2.05, 4.69) is 0 Å². The van der Waals surface area contributed by atoms with Crippen LogP contribution < -0.4 is 0 Å². The predicted molar refractivity (Wildman–Crippen MR) is 141 cm³/mol. The number of ether oxygens (including phenoxy) is 4. The van der Waals surface area contributed by atoms with Crippen molar-refractivity contribution in [1.29, 1.82) is 0 Å². The fourth-order valence-electron chi connectivity index (χ4n) is 9.70. The molecule has 0 N–H and O–H groups in total. The van der Waals surface area contributed by atoms with Crippen molar-refractivity contribution in [2.75, 3.05) is 26.4 Å². The number of hydrogen-bond acceptors (Lipinski definition) is 4. The van der Waals surface area contributed by atoms with E-state index in [0.29, 0.717) is 21.7 Å². The maximum Gasteiger partial charge on any atom is 0.168 e. The SMILES string of the molecule is C1CCC2(CC1)COC1(CCC3(CCC4(CC3)CCC3(CC4)OCC4(CCCCC4)CO3)CC1)OC2. The van der Waals surface area contributed by atoms with Crippen LogP contribution in [-0.4, -0.2) is 38.0 Å². The van der Waals surface area contributed by atoms with Crippen molar-refractivity contribution in [3.63, 3.8) is 0 Å². The summed E-state index contributed by atoms with van der Waals surface area (Å²) in [6.07, 6.45) is 29.0. The van der Waals surface area contributed by atoms with Crippen molar-refractivity contribution >= 4 is 0 Å². The quantitative estimate of drug-likeness (QED) is 0.337. The van der Waals surface area contributed by atoms with E-state index < -0.39 is 0 Å². The van der Waals surface area contributed by atoms with Gasteiger partial charge in [-0.3, -0.25) is 0 Å². The molecule has 2 aliphatic heterocycles. The molecule has 7 aliphatic rings. The summed E-state index contributed by atoms with van der Waals surface area (Å²) in [5.74, 6) is -0.489. The second-order valence-electron chi connectivity index (χ2n) is 15.1. The Kier molecular flexibility index (Phi) is 6.35. The average molecular weight is 501 g/mol. The van der Waals surface area contributed by atoms with Crippen molar-refractivity contribution in [1.82, 2.24) is 0 Å². The fourth-order valence-corrected chi connectivity index (χ4v) is 9.70. The molecule has 0 bridgehead atoms. The molecule has 0 amide bonds. The molecule has 0 unspecified atom stereocenters. The summed E-state index contributed by atoms with van der Waals surface area (Å²) in [5, 5.41) is 0. The van der Waals surface area contributed by atoms with E-state index in [9.17, 15) is 0 Å². The molecule has 6 spiro atoms. The van der Waals surface area contributed by atoms with Gasteiger partial charge in [0.25, 0.3) is 0 Å². The molecule has 4 heteroatoms. The third-order valence-corrected chi connectivity index (χ3v) is 12.9. The molecule has 36 heavy (non-hydrogen) atoms. The van der Waals surface area contributed by atoms with Crippen molar-refractivity contribution < 1.29 is 18.9 Å². The molecule has 0 aromatic carbocycles. The zero-order valence-corrected chi connectivity index (χ0v) is 23.0. The van der Waals surface area contributed by atoms with Crippen molar-refractivity contribution in [3.05, 3.63) is 0 Å². The summed E-state index contributed by atoms with van der Waals surface area (Å²) in [5.41, 5.74) is 1.81. The van der Waals surface area contributed by atoms with Crippen LogP contribution in [0.15, 0.2) is 0 Å². The van der Waals surface area contributed by atoms with Crippen LogP contribution in [-0.2, 0) is 18.9 Å². The second kappa shape index (κ2) is 9.20. The molecular formula is C32H52O4. The highest BCUT2D eigenvalue weighted by atomic mass is 16.7. The molecule has 204 valence electrons. The Morgan fingerprint density at radius 2 is 0.528 bits per heavy atom. The molecule has 0 aromatic heterocycles. The minimum absolute atomic E-state index is 0.244. The third-order valence-electron chi connectivity index (χ3n) is 12.9. The highest BCUT2D eigenvalue weighted by Crippen LogP contribution is 2.61. The first-order valence-corrected chi connectivity index (χ1v) is 16.0. The van der Waals surface area contributed by atoms with Crippen LogP contribution in [0.4, 0.5) is 0 Å². The number of rotatable bonds is 0. The van der Waals surface area contributed by atoms with Crippen molar-refractivity contribution in [3.8, 4) is 0 Å². The standard InChI is InChI=1S/C32H52O4/c1-3-7-29(8-4-1)23-33-31(34-24-29)19-15-27(16-20-31)11-13-28(14-12-27)17-21-32(22-18-28)35-25-30(26-36-32)9-5-2-6-10-30/h1-26H2. The summed E-state index contributed by atoms with van der Waals surface area (Å²) in [6, 6.07) is 0. The molecule has 0 radical (unpaired) electrons. The smallest absolute Gasteiger partial charge is 0.168 e. The first-order chi connectivity index (χ1) is 17.5. The van der Waals surface area contributed by atoms with Crippen LogP contribution in [0, 0.1) is 21.7 Å². The van der Waals surface area contributed by atoms with Gasteiger partial charge in [-0.05, 0) is 87.9 Å².